The standard InChI is InChI=1S/C6H3BrF3N3O/c7-3-1-11-5(12-2-3)13-4(14)6(8,9)10/h1-2H,(H,11,12,13,14). The second-order valence-electron chi connectivity index (χ2n) is 2.18. The smallest absolute Gasteiger partial charge is 0.287 e. The maximum Gasteiger partial charge on any atom is 0.471 e. The molecule has 0 aromatic carbocycles. The fourth-order valence-corrected chi connectivity index (χ4v) is 0.754. The number of carbonyl (C=O) groups excluding carboxylic acids is 1. The molecule has 1 N–H and O–H groups in total. The Balaban J connectivity index is 2.71. The Labute approximate surface area is 84.7 Å². The molecule has 0 spiro atoms. The summed E-state index contributed by atoms with van der Waals surface area (Å²) in [5.74, 6) is -2.49. The van der Waals surface area contributed by atoms with Crippen LogP contribution in [-0.4, -0.2) is 22.1 Å². The Hall–Kier alpha value is -1.18. The fourth-order valence-electron chi connectivity index (χ4n) is 0.549. The third kappa shape index (κ3) is 2.95. The van der Waals surface area contributed by atoms with Gasteiger partial charge in [0.1, 0.15) is 0 Å². The average Bonchev–Trinajstić information content (AvgIpc) is 2.07. The zero-order chi connectivity index (χ0) is 10.8. The lowest BCUT2D eigenvalue weighted by Crippen LogP contribution is -2.30. The van der Waals surface area contributed by atoms with Gasteiger partial charge in [-0.1, -0.05) is 0 Å². The summed E-state index contributed by atoms with van der Waals surface area (Å²) in [5.41, 5.74) is 0. The normalized spacial score (nSPS) is 11.1. The highest BCUT2D eigenvalue weighted by molar-refractivity contribution is 9.10. The van der Waals surface area contributed by atoms with E-state index in [4.69, 9.17) is 0 Å². The van der Waals surface area contributed by atoms with Crippen molar-refractivity contribution in [3.63, 3.8) is 0 Å². The Kier molecular flexibility index (Phi) is 3.04. The topological polar surface area (TPSA) is 54.9 Å². The van der Waals surface area contributed by atoms with Crippen molar-refractivity contribution in [3.05, 3.63) is 16.9 Å². The summed E-state index contributed by atoms with van der Waals surface area (Å²) < 4.78 is 35.7. The van der Waals surface area contributed by atoms with Crippen molar-refractivity contribution in [1.29, 1.82) is 0 Å². The number of nitrogens with zero attached hydrogens (tertiary/aromatic N) is 2. The summed E-state index contributed by atoms with van der Waals surface area (Å²) in [4.78, 5) is 17.3. The molecule has 0 unspecified atom stereocenters. The summed E-state index contributed by atoms with van der Waals surface area (Å²) in [6.07, 6.45) is -2.49. The van der Waals surface area contributed by atoms with Gasteiger partial charge in [-0.25, -0.2) is 9.97 Å². The van der Waals surface area contributed by atoms with Crippen LogP contribution in [0.15, 0.2) is 16.9 Å². The highest BCUT2D eigenvalue weighted by Gasteiger charge is 2.39. The molecule has 8 heteroatoms. The van der Waals surface area contributed by atoms with Crippen LogP contribution in [0, 0.1) is 0 Å². The minimum atomic E-state index is -4.93. The predicted octanol–water partition coefficient (Wildman–Crippen LogP) is 1.74. The Morgan fingerprint density at radius 3 is 2.29 bits per heavy atom. The van der Waals surface area contributed by atoms with Crippen molar-refractivity contribution >= 4 is 27.8 Å². The molecule has 1 rings (SSSR count). The molecule has 0 radical (unpaired) electrons. The maximum atomic E-state index is 11.7. The molecule has 76 valence electrons. The number of anilines is 1. The van der Waals surface area contributed by atoms with Crippen molar-refractivity contribution in [1.82, 2.24) is 9.97 Å². The van der Waals surface area contributed by atoms with Crippen LogP contribution in [0.25, 0.3) is 0 Å². The van der Waals surface area contributed by atoms with Gasteiger partial charge in [-0.3, -0.25) is 10.1 Å². The first-order chi connectivity index (χ1) is 6.39. The van der Waals surface area contributed by atoms with Crippen molar-refractivity contribution in [2.75, 3.05) is 5.32 Å². The van der Waals surface area contributed by atoms with E-state index in [2.05, 4.69) is 25.9 Å². The second-order valence-corrected chi connectivity index (χ2v) is 3.09. The SMILES string of the molecule is O=C(Nc1ncc(Br)cn1)C(F)(F)F. The molecule has 1 amide bonds. The van der Waals surface area contributed by atoms with Gasteiger partial charge < -0.3 is 0 Å². The Bertz CT molecular complexity index is 337. The van der Waals surface area contributed by atoms with Crippen LogP contribution >= 0.6 is 15.9 Å². The van der Waals surface area contributed by atoms with E-state index in [0.29, 0.717) is 4.47 Å². The molecule has 14 heavy (non-hydrogen) atoms. The molecule has 0 atom stereocenters. The van der Waals surface area contributed by atoms with Gasteiger partial charge in [0.15, 0.2) is 0 Å². The molecule has 1 aromatic rings. The van der Waals surface area contributed by atoms with E-state index in [1.807, 2.05) is 0 Å². The number of hydrogen-bond donors (Lipinski definition) is 1. The molecular formula is C6H3BrF3N3O. The summed E-state index contributed by atoms with van der Waals surface area (Å²) in [7, 11) is 0. The molecule has 1 aromatic heterocycles. The van der Waals surface area contributed by atoms with Crippen LogP contribution in [0.4, 0.5) is 19.1 Å². The number of halogens is 4. The van der Waals surface area contributed by atoms with Crippen molar-refractivity contribution in [2.45, 2.75) is 6.18 Å². The number of amides is 1. The summed E-state index contributed by atoms with van der Waals surface area (Å²) >= 11 is 2.99. The van der Waals surface area contributed by atoms with Crippen molar-refractivity contribution < 1.29 is 18.0 Å². The van der Waals surface area contributed by atoms with Gasteiger partial charge in [0, 0.05) is 12.4 Å². The van der Waals surface area contributed by atoms with Crippen LogP contribution in [0.3, 0.4) is 0 Å². The van der Waals surface area contributed by atoms with E-state index in [1.165, 1.54) is 17.7 Å². The largest absolute Gasteiger partial charge is 0.471 e. The van der Waals surface area contributed by atoms with Gasteiger partial charge in [0.2, 0.25) is 5.95 Å². The van der Waals surface area contributed by atoms with Gasteiger partial charge in [0.25, 0.3) is 0 Å². The van der Waals surface area contributed by atoms with Crippen LogP contribution in [-0.2, 0) is 4.79 Å². The van der Waals surface area contributed by atoms with Gasteiger partial charge in [-0.05, 0) is 15.9 Å². The van der Waals surface area contributed by atoms with Gasteiger partial charge in [-0.2, -0.15) is 13.2 Å². The highest BCUT2D eigenvalue weighted by Crippen LogP contribution is 2.16. The number of aromatic nitrogens is 2. The maximum absolute atomic E-state index is 11.7. The lowest BCUT2D eigenvalue weighted by molar-refractivity contribution is -0.167. The molecule has 0 aliphatic rings. The molecule has 0 saturated carbocycles. The molecule has 0 saturated heterocycles. The van der Waals surface area contributed by atoms with Gasteiger partial charge in [0.05, 0.1) is 4.47 Å². The zero-order valence-corrected chi connectivity index (χ0v) is 8.06. The third-order valence-electron chi connectivity index (χ3n) is 1.10. The first kappa shape index (κ1) is 10.9. The van der Waals surface area contributed by atoms with E-state index < -0.39 is 18.0 Å². The molecule has 0 fully saturated rings. The lowest BCUT2D eigenvalue weighted by atomic mass is 10.6. The highest BCUT2D eigenvalue weighted by atomic mass is 79.9. The van der Waals surface area contributed by atoms with E-state index in [1.54, 1.807) is 0 Å². The molecule has 1 heterocycles. The van der Waals surface area contributed by atoms with E-state index in [-0.39, 0.29) is 0 Å². The Morgan fingerprint density at radius 2 is 1.86 bits per heavy atom. The summed E-state index contributed by atoms with van der Waals surface area (Å²) in [5, 5.41) is 1.50. The average molecular weight is 270 g/mol. The molecule has 0 aliphatic carbocycles. The minimum absolute atomic E-state index is 0.393. The van der Waals surface area contributed by atoms with Crippen molar-refractivity contribution in [2.24, 2.45) is 0 Å². The van der Waals surface area contributed by atoms with E-state index >= 15 is 0 Å². The second kappa shape index (κ2) is 3.91. The number of rotatable bonds is 1. The van der Waals surface area contributed by atoms with Crippen LogP contribution in [0.1, 0.15) is 0 Å². The van der Waals surface area contributed by atoms with Crippen LogP contribution in [0.2, 0.25) is 0 Å². The summed E-state index contributed by atoms with van der Waals surface area (Å²) in [6.45, 7) is 0. The van der Waals surface area contributed by atoms with E-state index in [0.717, 1.165) is 0 Å². The summed E-state index contributed by atoms with van der Waals surface area (Å²) in [6, 6.07) is 0. The predicted molar refractivity (Wildman–Crippen MR) is 44.4 cm³/mol. The van der Waals surface area contributed by atoms with Crippen LogP contribution < -0.4 is 5.32 Å². The molecule has 4 nitrogen and oxygen atoms in total. The monoisotopic (exact) mass is 269 g/mol. The van der Waals surface area contributed by atoms with Gasteiger partial charge in [-0.15, -0.1) is 0 Å². The number of nitrogens with one attached hydrogen (secondary N) is 1. The van der Waals surface area contributed by atoms with Crippen molar-refractivity contribution in [3.8, 4) is 0 Å². The molecule has 0 aliphatic heterocycles. The zero-order valence-electron chi connectivity index (χ0n) is 6.47. The number of carbonyl (C=O) groups is 1. The quantitative estimate of drug-likeness (QED) is 0.845. The van der Waals surface area contributed by atoms with Crippen LogP contribution in [0.5, 0.6) is 0 Å². The first-order valence-corrected chi connectivity index (χ1v) is 4.04. The molecule has 0 bridgehead atoms. The van der Waals surface area contributed by atoms with Gasteiger partial charge >= 0.3 is 12.1 Å². The Morgan fingerprint density at radius 1 is 1.36 bits per heavy atom. The van der Waals surface area contributed by atoms with E-state index in [9.17, 15) is 18.0 Å². The third-order valence-corrected chi connectivity index (χ3v) is 1.51. The fraction of sp³-hybridized carbons (Fsp3) is 0.167. The number of hydrogen-bond acceptors (Lipinski definition) is 3. The molecular weight excluding hydrogens is 267 g/mol. The number of alkyl halides is 3. The minimum Gasteiger partial charge on any atom is -0.287 e. The lowest BCUT2D eigenvalue weighted by Gasteiger charge is -2.05. The first-order valence-electron chi connectivity index (χ1n) is 3.25.